The maximum Gasteiger partial charge on any atom is 0.387 e. The van der Waals surface area contributed by atoms with Crippen molar-refractivity contribution in [2.24, 2.45) is 0 Å². The highest BCUT2D eigenvalue weighted by atomic mass is 32.2. The topological polar surface area (TPSA) is 51.7 Å². The zero-order chi connectivity index (χ0) is 20.6. The Balaban J connectivity index is 1.83. The summed E-state index contributed by atoms with van der Waals surface area (Å²) in [6, 6.07) is 10.5. The molecule has 1 aliphatic heterocycles. The van der Waals surface area contributed by atoms with Crippen LogP contribution in [0.4, 0.5) is 8.78 Å². The van der Waals surface area contributed by atoms with Crippen LogP contribution in [-0.4, -0.2) is 47.1 Å². The lowest BCUT2D eigenvalue weighted by Gasteiger charge is -2.27. The summed E-state index contributed by atoms with van der Waals surface area (Å²) in [5.74, 6) is 1.75. The SMILES string of the molecule is COc1cccc(/C=C/C(=O)N(Cc2ccccn2)[C@H]2CCSC2)c1OC(F)F. The van der Waals surface area contributed by atoms with Crippen LogP contribution in [0.5, 0.6) is 11.5 Å². The van der Waals surface area contributed by atoms with Crippen molar-refractivity contribution in [3.05, 3.63) is 59.9 Å². The third kappa shape index (κ3) is 5.69. The van der Waals surface area contributed by atoms with Crippen molar-refractivity contribution in [2.45, 2.75) is 25.6 Å². The quantitative estimate of drug-likeness (QED) is 0.598. The number of benzene rings is 1. The van der Waals surface area contributed by atoms with Gasteiger partial charge in [0.05, 0.1) is 19.3 Å². The van der Waals surface area contributed by atoms with Crippen molar-refractivity contribution in [1.29, 1.82) is 0 Å². The monoisotopic (exact) mass is 420 g/mol. The van der Waals surface area contributed by atoms with Crippen molar-refractivity contribution < 1.29 is 23.0 Å². The van der Waals surface area contributed by atoms with E-state index in [0.29, 0.717) is 12.1 Å². The molecule has 1 aliphatic rings. The van der Waals surface area contributed by atoms with Crippen LogP contribution in [0.15, 0.2) is 48.7 Å². The van der Waals surface area contributed by atoms with Gasteiger partial charge < -0.3 is 14.4 Å². The van der Waals surface area contributed by atoms with E-state index in [0.717, 1.165) is 23.6 Å². The number of pyridine rings is 1. The largest absolute Gasteiger partial charge is 0.493 e. The van der Waals surface area contributed by atoms with Crippen LogP contribution < -0.4 is 9.47 Å². The molecule has 1 saturated heterocycles. The van der Waals surface area contributed by atoms with Gasteiger partial charge in [0.15, 0.2) is 11.5 Å². The van der Waals surface area contributed by atoms with Gasteiger partial charge in [-0.15, -0.1) is 0 Å². The first kappa shape index (κ1) is 21.1. The lowest BCUT2D eigenvalue weighted by molar-refractivity contribution is -0.128. The molecule has 0 unspecified atom stereocenters. The fourth-order valence-electron chi connectivity index (χ4n) is 3.12. The Morgan fingerprint density at radius 2 is 2.21 bits per heavy atom. The fraction of sp³-hybridized carbons (Fsp3) is 0.333. The Labute approximate surface area is 172 Å². The molecule has 1 aromatic heterocycles. The van der Waals surface area contributed by atoms with Crippen molar-refractivity contribution in [2.75, 3.05) is 18.6 Å². The number of ether oxygens (including phenoxy) is 2. The summed E-state index contributed by atoms with van der Waals surface area (Å²) in [5, 5.41) is 0. The molecular formula is C21H22F2N2O3S. The first-order valence-corrected chi connectivity index (χ1v) is 10.3. The van der Waals surface area contributed by atoms with Crippen LogP contribution >= 0.6 is 11.8 Å². The summed E-state index contributed by atoms with van der Waals surface area (Å²) >= 11 is 1.81. The molecule has 0 bridgehead atoms. The van der Waals surface area contributed by atoms with Gasteiger partial charge in [-0.1, -0.05) is 18.2 Å². The molecule has 0 N–H and O–H groups in total. The fourth-order valence-corrected chi connectivity index (χ4v) is 4.34. The molecule has 1 aromatic carbocycles. The average Bonchev–Trinajstić information content (AvgIpc) is 3.26. The van der Waals surface area contributed by atoms with Crippen molar-refractivity contribution >= 4 is 23.7 Å². The summed E-state index contributed by atoms with van der Waals surface area (Å²) < 4.78 is 35.3. The average molecular weight is 420 g/mol. The van der Waals surface area contributed by atoms with Crippen molar-refractivity contribution in [3.8, 4) is 11.5 Å². The number of methoxy groups -OCH3 is 1. The van der Waals surface area contributed by atoms with Crippen LogP contribution in [0.3, 0.4) is 0 Å². The van der Waals surface area contributed by atoms with Gasteiger partial charge in [0, 0.05) is 29.6 Å². The highest BCUT2D eigenvalue weighted by Crippen LogP contribution is 2.33. The van der Waals surface area contributed by atoms with Gasteiger partial charge in [-0.2, -0.15) is 20.5 Å². The molecule has 0 saturated carbocycles. The number of para-hydroxylation sites is 1. The Morgan fingerprint density at radius 1 is 1.34 bits per heavy atom. The van der Waals surface area contributed by atoms with E-state index in [9.17, 15) is 13.6 Å². The smallest absolute Gasteiger partial charge is 0.387 e. The second-order valence-electron chi connectivity index (χ2n) is 6.40. The van der Waals surface area contributed by atoms with Crippen LogP contribution in [0.1, 0.15) is 17.7 Å². The van der Waals surface area contributed by atoms with E-state index in [-0.39, 0.29) is 23.4 Å². The van der Waals surface area contributed by atoms with Gasteiger partial charge in [0.2, 0.25) is 5.91 Å². The van der Waals surface area contributed by atoms with Crippen molar-refractivity contribution in [3.63, 3.8) is 0 Å². The first-order valence-electron chi connectivity index (χ1n) is 9.16. The first-order chi connectivity index (χ1) is 14.1. The second kappa shape index (κ2) is 10.2. The summed E-state index contributed by atoms with van der Waals surface area (Å²) in [6.45, 7) is -2.60. The summed E-state index contributed by atoms with van der Waals surface area (Å²) in [7, 11) is 1.37. The minimum Gasteiger partial charge on any atom is -0.493 e. The maximum absolute atomic E-state index is 13.0. The van der Waals surface area contributed by atoms with Gasteiger partial charge in [-0.3, -0.25) is 9.78 Å². The highest BCUT2D eigenvalue weighted by molar-refractivity contribution is 7.99. The molecule has 1 atom stereocenters. The van der Waals surface area contributed by atoms with Gasteiger partial charge in [0.1, 0.15) is 0 Å². The molecule has 2 heterocycles. The number of thioether (sulfide) groups is 1. The molecule has 5 nitrogen and oxygen atoms in total. The third-order valence-electron chi connectivity index (χ3n) is 4.53. The number of rotatable bonds is 8. The van der Waals surface area contributed by atoms with E-state index < -0.39 is 6.61 Å². The van der Waals surface area contributed by atoms with E-state index in [2.05, 4.69) is 9.72 Å². The number of hydrogen-bond acceptors (Lipinski definition) is 5. The molecule has 29 heavy (non-hydrogen) atoms. The Morgan fingerprint density at radius 3 is 2.86 bits per heavy atom. The van der Waals surface area contributed by atoms with Gasteiger partial charge in [0.25, 0.3) is 0 Å². The molecule has 2 aromatic rings. The number of carbonyl (C=O) groups is 1. The lowest BCUT2D eigenvalue weighted by Crippen LogP contribution is -2.39. The molecular weight excluding hydrogens is 398 g/mol. The van der Waals surface area contributed by atoms with Gasteiger partial charge in [-0.05, 0) is 36.4 Å². The van der Waals surface area contributed by atoms with Crippen molar-refractivity contribution in [1.82, 2.24) is 9.88 Å². The highest BCUT2D eigenvalue weighted by Gasteiger charge is 2.26. The van der Waals surface area contributed by atoms with E-state index in [4.69, 9.17) is 4.74 Å². The minimum absolute atomic E-state index is 0.0956. The number of carbonyl (C=O) groups excluding carboxylic acids is 1. The molecule has 3 rings (SSSR count). The number of alkyl halides is 2. The standard InChI is InChI=1S/C21H22F2N2O3S/c1-27-18-7-4-5-15(20(18)28-21(22)23)8-9-19(26)25(17-10-12-29-14-17)13-16-6-2-3-11-24-16/h2-9,11,17,21H,10,12-14H2,1H3/b9-8+/t17-/m0/s1. The molecule has 0 spiro atoms. The number of aromatic nitrogens is 1. The normalized spacial score (nSPS) is 16.3. The molecule has 0 aliphatic carbocycles. The number of hydrogen-bond donors (Lipinski definition) is 0. The van der Waals surface area contributed by atoms with E-state index in [1.54, 1.807) is 23.2 Å². The van der Waals surface area contributed by atoms with Gasteiger partial charge in [-0.25, -0.2) is 0 Å². The molecule has 154 valence electrons. The summed E-state index contributed by atoms with van der Waals surface area (Å²) in [6.07, 6.45) is 5.48. The van der Waals surface area contributed by atoms with Crippen LogP contribution in [0, 0.1) is 0 Å². The third-order valence-corrected chi connectivity index (χ3v) is 5.67. The predicted molar refractivity (Wildman–Crippen MR) is 109 cm³/mol. The molecule has 8 heteroatoms. The van der Waals surface area contributed by atoms with Gasteiger partial charge >= 0.3 is 6.61 Å². The Bertz CT molecular complexity index is 843. The maximum atomic E-state index is 13.0. The van der Waals surface area contributed by atoms with E-state index in [1.165, 1.54) is 25.3 Å². The Hall–Kier alpha value is -2.61. The second-order valence-corrected chi connectivity index (χ2v) is 7.54. The number of nitrogens with zero attached hydrogens (tertiary/aromatic N) is 2. The molecule has 1 amide bonds. The van der Waals surface area contributed by atoms with Crippen LogP contribution in [0.2, 0.25) is 0 Å². The van der Waals surface area contributed by atoms with Crippen LogP contribution in [0.25, 0.3) is 6.08 Å². The van der Waals surface area contributed by atoms with E-state index in [1.807, 2.05) is 30.0 Å². The lowest BCUT2D eigenvalue weighted by atomic mass is 10.1. The molecule has 0 radical (unpaired) electrons. The number of halogens is 2. The summed E-state index contributed by atoms with van der Waals surface area (Å²) in [4.78, 5) is 19.1. The van der Waals surface area contributed by atoms with E-state index >= 15 is 0 Å². The zero-order valence-electron chi connectivity index (χ0n) is 16.0. The predicted octanol–water partition coefficient (Wildman–Crippen LogP) is 4.24. The Kier molecular flexibility index (Phi) is 7.46. The zero-order valence-corrected chi connectivity index (χ0v) is 16.8. The minimum atomic E-state index is -3.00. The van der Waals surface area contributed by atoms with Crippen LogP contribution in [-0.2, 0) is 11.3 Å². The molecule has 1 fully saturated rings. The number of amides is 1. The summed E-state index contributed by atoms with van der Waals surface area (Å²) in [5.41, 5.74) is 1.14.